The Morgan fingerprint density at radius 2 is 2.00 bits per heavy atom. The number of carboxylic acids is 1. The minimum absolute atomic E-state index is 0.171. The van der Waals surface area contributed by atoms with Gasteiger partial charge in [-0.2, -0.15) is 0 Å². The molecule has 0 bridgehead atoms. The van der Waals surface area contributed by atoms with Gasteiger partial charge in [0.05, 0.1) is 25.3 Å². The summed E-state index contributed by atoms with van der Waals surface area (Å²) in [5, 5.41) is 12.1. The van der Waals surface area contributed by atoms with Crippen molar-refractivity contribution < 1.29 is 29.0 Å². The number of methoxy groups -OCH3 is 1. The summed E-state index contributed by atoms with van der Waals surface area (Å²) in [6.45, 7) is 2.23. The molecule has 0 fully saturated rings. The number of hydrogen-bond donors (Lipinski definition) is 2. The fourth-order valence-corrected chi connectivity index (χ4v) is 2.36. The number of ketones is 1. The maximum absolute atomic E-state index is 12.3. The summed E-state index contributed by atoms with van der Waals surface area (Å²) >= 11 is 0. The molecule has 0 saturated heterocycles. The zero-order valence-corrected chi connectivity index (χ0v) is 14.9. The molecule has 140 valence electrons. The predicted octanol–water partition coefficient (Wildman–Crippen LogP) is 2.05. The van der Waals surface area contributed by atoms with E-state index in [9.17, 15) is 19.5 Å². The van der Waals surface area contributed by atoms with E-state index in [4.69, 9.17) is 9.47 Å². The molecule has 2 N–H and O–H groups in total. The fourth-order valence-electron chi connectivity index (χ4n) is 2.36. The molecule has 2 rings (SSSR count). The molecule has 0 aliphatic heterocycles. The van der Waals surface area contributed by atoms with E-state index in [1.807, 2.05) is 0 Å². The highest BCUT2D eigenvalue weighted by Crippen LogP contribution is 2.17. The van der Waals surface area contributed by atoms with E-state index >= 15 is 0 Å². The van der Waals surface area contributed by atoms with Crippen LogP contribution in [-0.4, -0.2) is 42.6 Å². The summed E-state index contributed by atoms with van der Waals surface area (Å²) < 4.78 is 10.3. The normalized spacial score (nSPS) is 16.2. The van der Waals surface area contributed by atoms with Crippen molar-refractivity contribution in [2.24, 2.45) is 0 Å². The van der Waals surface area contributed by atoms with Gasteiger partial charge in [0.15, 0.2) is 5.78 Å². The Labute approximate surface area is 156 Å². The lowest BCUT2D eigenvalue weighted by molar-refractivity contribution is -0.133. The maximum Gasteiger partial charge on any atom is 0.352 e. The summed E-state index contributed by atoms with van der Waals surface area (Å²) in [5.41, 5.74) is 0.136. The highest BCUT2D eigenvalue weighted by Gasteiger charge is 2.20. The monoisotopic (exact) mass is 369 g/mol. The second-order valence-corrected chi connectivity index (χ2v) is 5.47. The van der Waals surface area contributed by atoms with Crippen molar-refractivity contribution in [3.63, 3.8) is 0 Å². The Kier molecular flexibility index (Phi) is 6.74. The molecule has 1 aromatic carbocycles. The summed E-state index contributed by atoms with van der Waals surface area (Å²) in [7, 11) is 1.50. The summed E-state index contributed by atoms with van der Waals surface area (Å²) in [6, 6.07) is 5.53. The molecule has 0 amide bonds. The first kappa shape index (κ1) is 19.8. The third-order valence-electron chi connectivity index (χ3n) is 3.71. The first-order valence-electron chi connectivity index (χ1n) is 8.16. The molecule has 7 nitrogen and oxygen atoms in total. The van der Waals surface area contributed by atoms with E-state index in [1.165, 1.54) is 25.3 Å². The molecule has 1 atom stereocenters. The predicted molar refractivity (Wildman–Crippen MR) is 98.0 cm³/mol. The van der Waals surface area contributed by atoms with Crippen LogP contribution in [0.1, 0.15) is 17.3 Å². The van der Waals surface area contributed by atoms with E-state index in [0.717, 1.165) is 6.08 Å². The molecule has 0 heterocycles. The first-order chi connectivity index (χ1) is 13.0. The lowest BCUT2D eigenvalue weighted by Gasteiger charge is -2.20. The van der Waals surface area contributed by atoms with Crippen LogP contribution in [0.25, 0.3) is 0 Å². The molecule has 0 spiro atoms. The van der Waals surface area contributed by atoms with Gasteiger partial charge in [-0.1, -0.05) is 6.08 Å². The van der Waals surface area contributed by atoms with E-state index in [2.05, 4.69) is 5.32 Å². The number of allylic oxidation sites excluding steroid dienone is 2. The topological polar surface area (TPSA) is 102 Å². The minimum Gasteiger partial charge on any atom is -0.497 e. The highest BCUT2D eigenvalue weighted by atomic mass is 16.5. The van der Waals surface area contributed by atoms with Crippen LogP contribution in [0.5, 0.6) is 5.75 Å². The molecule has 0 saturated carbocycles. The summed E-state index contributed by atoms with van der Waals surface area (Å²) in [6.07, 6.45) is 5.63. The van der Waals surface area contributed by atoms with Crippen molar-refractivity contribution in [1.29, 1.82) is 0 Å². The Bertz CT molecular complexity index is 857. The van der Waals surface area contributed by atoms with Gasteiger partial charge in [0.25, 0.3) is 0 Å². The van der Waals surface area contributed by atoms with Gasteiger partial charge in [-0.25, -0.2) is 9.59 Å². The maximum atomic E-state index is 12.3. The lowest BCUT2D eigenvalue weighted by atomic mass is 10.0. The molecule has 7 heteroatoms. The standard InChI is InChI=1S/C20H19NO6/c1-3-27-16-8-9-17(14(10-16)12-22)21-18(20(24)25)11-19(23)13-4-6-15(26-2)7-5-13/h4-11,17,21H,3H2,1-2H3,(H,24,25). The third-order valence-corrected chi connectivity index (χ3v) is 3.71. The second-order valence-electron chi connectivity index (χ2n) is 5.47. The largest absolute Gasteiger partial charge is 0.497 e. The third kappa shape index (κ3) is 5.20. The molecule has 0 radical (unpaired) electrons. The molecule has 1 unspecified atom stereocenters. The van der Waals surface area contributed by atoms with Gasteiger partial charge in [-0.05, 0) is 43.3 Å². The van der Waals surface area contributed by atoms with Crippen LogP contribution >= 0.6 is 0 Å². The summed E-state index contributed by atoms with van der Waals surface area (Å²) in [5.74, 6) is 0.999. The van der Waals surface area contributed by atoms with Crippen molar-refractivity contribution in [2.75, 3.05) is 13.7 Å². The quantitative estimate of drug-likeness (QED) is 0.411. The summed E-state index contributed by atoms with van der Waals surface area (Å²) in [4.78, 5) is 35.1. The molecular formula is C20H19NO6. The Hall–Kier alpha value is -3.57. The SMILES string of the molecule is CCOC1=CC(=C=O)C(NC(=CC(=O)c2ccc(OC)cc2)C(=O)O)C=C1. The van der Waals surface area contributed by atoms with Crippen LogP contribution in [0.2, 0.25) is 0 Å². The number of benzene rings is 1. The number of hydrogen-bond acceptors (Lipinski definition) is 6. The number of carbonyl (C=O) groups is 2. The van der Waals surface area contributed by atoms with Gasteiger partial charge in [0.1, 0.15) is 23.1 Å². The second kappa shape index (κ2) is 9.22. The van der Waals surface area contributed by atoms with Crippen molar-refractivity contribution in [3.8, 4) is 5.75 Å². The van der Waals surface area contributed by atoms with Gasteiger partial charge >= 0.3 is 5.97 Å². The van der Waals surface area contributed by atoms with E-state index in [1.54, 1.807) is 37.1 Å². The Balaban J connectivity index is 2.21. The van der Waals surface area contributed by atoms with Crippen molar-refractivity contribution in [2.45, 2.75) is 13.0 Å². The molecular weight excluding hydrogens is 350 g/mol. The number of carbonyl (C=O) groups excluding carboxylic acids is 2. The number of ether oxygens (including phenoxy) is 2. The first-order valence-corrected chi connectivity index (χ1v) is 8.16. The smallest absolute Gasteiger partial charge is 0.352 e. The van der Waals surface area contributed by atoms with E-state index in [-0.39, 0.29) is 11.3 Å². The number of carboxylic acid groups (broad SMARTS) is 1. The molecule has 1 aliphatic rings. The highest BCUT2D eigenvalue weighted by molar-refractivity contribution is 6.08. The number of rotatable bonds is 8. The lowest BCUT2D eigenvalue weighted by Crippen LogP contribution is -2.33. The van der Waals surface area contributed by atoms with Gasteiger partial charge in [0, 0.05) is 11.6 Å². The van der Waals surface area contributed by atoms with Gasteiger partial charge in [-0.15, -0.1) is 0 Å². The Morgan fingerprint density at radius 3 is 2.56 bits per heavy atom. The van der Waals surface area contributed by atoms with Crippen molar-refractivity contribution >= 4 is 17.7 Å². The van der Waals surface area contributed by atoms with Crippen LogP contribution in [0.15, 0.2) is 65.6 Å². The zero-order chi connectivity index (χ0) is 19.8. The van der Waals surface area contributed by atoms with Gasteiger partial charge in [-0.3, -0.25) is 4.79 Å². The average molecular weight is 369 g/mol. The number of nitrogens with one attached hydrogen (secondary N) is 1. The van der Waals surface area contributed by atoms with Crippen LogP contribution in [0.3, 0.4) is 0 Å². The molecule has 0 aromatic heterocycles. The van der Waals surface area contributed by atoms with Crippen LogP contribution < -0.4 is 10.1 Å². The molecule has 1 aromatic rings. The minimum atomic E-state index is -1.32. The van der Waals surface area contributed by atoms with Crippen LogP contribution in [0.4, 0.5) is 0 Å². The molecule has 27 heavy (non-hydrogen) atoms. The van der Waals surface area contributed by atoms with Gasteiger partial charge < -0.3 is 19.9 Å². The zero-order valence-electron chi connectivity index (χ0n) is 14.9. The van der Waals surface area contributed by atoms with Gasteiger partial charge in [0.2, 0.25) is 0 Å². The average Bonchev–Trinajstić information content (AvgIpc) is 2.68. The van der Waals surface area contributed by atoms with E-state index < -0.39 is 17.8 Å². The van der Waals surface area contributed by atoms with Crippen LogP contribution in [-0.2, 0) is 14.3 Å². The number of aliphatic carboxylic acids is 1. The van der Waals surface area contributed by atoms with E-state index in [0.29, 0.717) is 23.7 Å². The van der Waals surface area contributed by atoms with Crippen molar-refractivity contribution in [3.05, 3.63) is 71.2 Å². The Morgan fingerprint density at radius 1 is 1.30 bits per heavy atom. The van der Waals surface area contributed by atoms with Crippen LogP contribution in [0, 0.1) is 0 Å². The van der Waals surface area contributed by atoms with Crippen molar-refractivity contribution in [1.82, 2.24) is 5.32 Å². The molecule has 1 aliphatic carbocycles. The fraction of sp³-hybridized carbons (Fsp3) is 0.200.